The summed E-state index contributed by atoms with van der Waals surface area (Å²) in [7, 11) is 0. The first kappa shape index (κ1) is 13.5. The Morgan fingerprint density at radius 2 is 2.21 bits per heavy atom. The van der Waals surface area contributed by atoms with E-state index in [2.05, 4.69) is 27.8 Å². The number of hydrogen-bond acceptors (Lipinski definition) is 5. The van der Waals surface area contributed by atoms with Gasteiger partial charge >= 0.3 is 0 Å². The highest BCUT2D eigenvalue weighted by molar-refractivity contribution is 5.39. The van der Waals surface area contributed by atoms with Crippen LogP contribution in [0.2, 0.25) is 0 Å². The molecule has 0 radical (unpaired) electrons. The predicted octanol–water partition coefficient (Wildman–Crippen LogP) is 1.73. The first-order chi connectivity index (χ1) is 9.26. The number of rotatable bonds is 6. The summed E-state index contributed by atoms with van der Waals surface area (Å²) in [6, 6.07) is 7.84. The van der Waals surface area contributed by atoms with Gasteiger partial charge in [0.15, 0.2) is 5.82 Å². The number of aromatic nitrogens is 4. The summed E-state index contributed by atoms with van der Waals surface area (Å²) in [4.78, 5) is 0. The van der Waals surface area contributed by atoms with Crippen molar-refractivity contribution in [2.75, 3.05) is 13.2 Å². The molecular formula is C13H19N5O. The number of tetrazole rings is 1. The Morgan fingerprint density at radius 3 is 2.95 bits per heavy atom. The summed E-state index contributed by atoms with van der Waals surface area (Å²) in [5, 5.41) is 15.2. The molecule has 2 rings (SSSR count). The normalized spacial score (nSPS) is 12.4. The average molecular weight is 261 g/mol. The Morgan fingerprint density at radius 1 is 1.37 bits per heavy atom. The molecule has 0 amide bonds. The van der Waals surface area contributed by atoms with E-state index in [1.54, 1.807) is 4.68 Å². The monoisotopic (exact) mass is 261 g/mol. The molecule has 0 aliphatic heterocycles. The summed E-state index contributed by atoms with van der Waals surface area (Å²) in [5.74, 6) is 1.60. The van der Waals surface area contributed by atoms with Gasteiger partial charge in [0.1, 0.15) is 5.75 Å². The molecule has 6 nitrogen and oxygen atoms in total. The summed E-state index contributed by atoms with van der Waals surface area (Å²) in [6.07, 6.45) is 0. The number of hydrogen-bond donors (Lipinski definition) is 1. The zero-order valence-corrected chi connectivity index (χ0v) is 11.5. The van der Waals surface area contributed by atoms with Gasteiger partial charge in [-0.15, -0.1) is 5.10 Å². The number of ether oxygens (including phenoxy) is 1. The fourth-order valence-electron chi connectivity index (χ4n) is 1.92. The van der Waals surface area contributed by atoms with Gasteiger partial charge in [0.05, 0.1) is 18.3 Å². The number of nitrogens with zero attached hydrogens (tertiary/aromatic N) is 4. The maximum Gasteiger partial charge on any atom is 0.173 e. The topological polar surface area (TPSA) is 64.9 Å². The lowest BCUT2D eigenvalue weighted by atomic mass is 10.2. The highest BCUT2D eigenvalue weighted by atomic mass is 16.5. The van der Waals surface area contributed by atoms with E-state index in [1.165, 1.54) is 0 Å². The minimum atomic E-state index is 0.0933. The van der Waals surface area contributed by atoms with E-state index in [-0.39, 0.29) is 6.04 Å². The molecule has 1 aromatic carbocycles. The molecule has 1 unspecified atom stereocenters. The van der Waals surface area contributed by atoms with Crippen LogP contribution in [0.1, 0.15) is 32.6 Å². The van der Waals surface area contributed by atoms with Gasteiger partial charge in [-0.3, -0.25) is 0 Å². The molecule has 1 N–H and O–H groups in total. The molecule has 0 aliphatic carbocycles. The van der Waals surface area contributed by atoms with Gasteiger partial charge in [-0.05, 0) is 43.0 Å². The van der Waals surface area contributed by atoms with Crippen molar-refractivity contribution < 1.29 is 4.74 Å². The molecular weight excluding hydrogens is 242 g/mol. The van der Waals surface area contributed by atoms with Crippen molar-refractivity contribution in [3.8, 4) is 11.4 Å². The summed E-state index contributed by atoms with van der Waals surface area (Å²) >= 11 is 0. The summed E-state index contributed by atoms with van der Waals surface area (Å²) < 4.78 is 7.23. The van der Waals surface area contributed by atoms with Crippen LogP contribution in [0.3, 0.4) is 0 Å². The fourth-order valence-corrected chi connectivity index (χ4v) is 1.92. The van der Waals surface area contributed by atoms with Gasteiger partial charge in [0, 0.05) is 6.07 Å². The maximum absolute atomic E-state index is 5.49. The molecule has 0 bridgehead atoms. The van der Waals surface area contributed by atoms with E-state index in [0.717, 1.165) is 23.8 Å². The first-order valence-corrected chi connectivity index (χ1v) is 6.51. The smallest absolute Gasteiger partial charge is 0.173 e. The van der Waals surface area contributed by atoms with Gasteiger partial charge < -0.3 is 10.1 Å². The Balaban J connectivity index is 2.31. The minimum Gasteiger partial charge on any atom is -0.494 e. The molecule has 1 atom stereocenters. The lowest BCUT2D eigenvalue weighted by molar-refractivity contribution is 0.340. The van der Waals surface area contributed by atoms with Crippen molar-refractivity contribution in [3.63, 3.8) is 0 Å². The Kier molecular flexibility index (Phi) is 4.46. The average Bonchev–Trinajstić information content (AvgIpc) is 2.89. The van der Waals surface area contributed by atoms with Crippen molar-refractivity contribution in [2.45, 2.75) is 26.8 Å². The Bertz CT molecular complexity index is 525. The number of benzene rings is 1. The molecule has 0 fully saturated rings. The second-order valence-electron chi connectivity index (χ2n) is 4.16. The highest BCUT2D eigenvalue weighted by Crippen LogP contribution is 2.19. The maximum atomic E-state index is 5.49. The third-order valence-corrected chi connectivity index (χ3v) is 2.76. The summed E-state index contributed by atoms with van der Waals surface area (Å²) in [5.41, 5.74) is 0.899. The molecule has 2 aromatic rings. The second kappa shape index (κ2) is 6.29. The van der Waals surface area contributed by atoms with Crippen molar-refractivity contribution in [1.82, 2.24) is 25.5 Å². The zero-order chi connectivity index (χ0) is 13.7. The van der Waals surface area contributed by atoms with Crippen LogP contribution in [0.5, 0.6) is 5.75 Å². The third kappa shape index (κ3) is 3.08. The standard InChI is InChI=1S/C13H19N5O/c1-4-14-10(3)13-15-16-17-18(13)11-7-6-8-12(9-11)19-5-2/h6-10,14H,4-5H2,1-3H3. The fraction of sp³-hybridized carbons (Fsp3) is 0.462. The predicted molar refractivity (Wildman–Crippen MR) is 72.4 cm³/mol. The second-order valence-corrected chi connectivity index (χ2v) is 4.16. The third-order valence-electron chi connectivity index (χ3n) is 2.76. The van der Waals surface area contributed by atoms with Gasteiger partial charge in [-0.25, -0.2) is 0 Å². The largest absolute Gasteiger partial charge is 0.494 e. The minimum absolute atomic E-state index is 0.0933. The van der Waals surface area contributed by atoms with Crippen LogP contribution < -0.4 is 10.1 Å². The van der Waals surface area contributed by atoms with Crippen LogP contribution in [-0.4, -0.2) is 33.4 Å². The SMILES string of the molecule is CCNC(C)c1nnnn1-c1cccc(OCC)c1. The molecule has 0 saturated heterocycles. The molecule has 6 heteroatoms. The zero-order valence-electron chi connectivity index (χ0n) is 11.5. The molecule has 1 heterocycles. The molecule has 0 spiro atoms. The summed E-state index contributed by atoms with van der Waals surface area (Å²) in [6.45, 7) is 7.56. The van der Waals surface area contributed by atoms with Gasteiger partial charge in [-0.2, -0.15) is 4.68 Å². The van der Waals surface area contributed by atoms with Crippen molar-refractivity contribution in [3.05, 3.63) is 30.1 Å². The van der Waals surface area contributed by atoms with Crippen LogP contribution in [0.25, 0.3) is 5.69 Å². The Hall–Kier alpha value is -1.95. The van der Waals surface area contributed by atoms with Crippen molar-refractivity contribution in [2.24, 2.45) is 0 Å². The van der Waals surface area contributed by atoms with E-state index in [4.69, 9.17) is 4.74 Å². The molecule has 0 aliphatic rings. The highest BCUT2D eigenvalue weighted by Gasteiger charge is 2.14. The van der Waals surface area contributed by atoms with Crippen LogP contribution in [0.4, 0.5) is 0 Å². The van der Waals surface area contributed by atoms with Gasteiger partial charge in [0.2, 0.25) is 0 Å². The van der Waals surface area contributed by atoms with E-state index in [1.807, 2.05) is 38.1 Å². The van der Waals surface area contributed by atoms with E-state index in [9.17, 15) is 0 Å². The van der Waals surface area contributed by atoms with Gasteiger partial charge in [0.25, 0.3) is 0 Å². The molecule has 0 saturated carbocycles. The lowest BCUT2D eigenvalue weighted by Gasteiger charge is -2.12. The van der Waals surface area contributed by atoms with E-state index in [0.29, 0.717) is 6.61 Å². The van der Waals surface area contributed by atoms with Crippen molar-refractivity contribution in [1.29, 1.82) is 0 Å². The van der Waals surface area contributed by atoms with Crippen LogP contribution in [0.15, 0.2) is 24.3 Å². The van der Waals surface area contributed by atoms with Crippen LogP contribution >= 0.6 is 0 Å². The Labute approximate surface area is 112 Å². The quantitative estimate of drug-likeness (QED) is 0.858. The van der Waals surface area contributed by atoms with Crippen molar-refractivity contribution >= 4 is 0 Å². The first-order valence-electron chi connectivity index (χ1n) is 6.51. The van der Waals surface area contributed by atoms with Gasteiger partial charge in [-0.1, -0.05) is 13.0 Å². The van der Waals surface area contributed by atoms with E-state index >= 15 is 0 Å². The number of nitrogens with one attached hydrogen (secondary N) is 1. The van der Waals surface area contributed by atoms with Crippen LogP contribution in [-0.2, 0) is 0 Å². The molecule has 102 valence electrons. The van der Waals surface area contributed by atoms with Crippen LogP contribution in [0, 0.1) is 0 Å². The van der Waals surface area contributed by atoms with E-state index < -0.39 is 0 Å². The molecule has 19 heavy (non-hydrogen) atoms. The lowest BCUT2D eigenvalue weighted by Crippen LogP contribution is -2.21. The molecule has 1 aromatic heterocycles.